The van der Waals surface area contributed by atoms with Crippen LogP contribution in [-0.2, 0) is 9.84 Å². The van der Waals surface area contributed by atoms with Crippen LogP contribution in [0.4, 0.5) is 0 Å². The van der Waals surface area contributed by atoms with Crippen molar-refractivity contribution in [1.82, 2.24) is 5.32 Å². The summed E-state index contributed by atoms with van der Waals surface area (Å²) in [4.78, 5) is 12.1. The van der Waals surface area contributed by atoms with E-state index < -0.39 is 9.84 Å². The molecule has 1 N–H and O–H groups in total. The third-order valence-electron chi connectivity index (χ3n) is 3.23. The van der Waals surface area contributed by atoms with Gasteiger partial charge in [0.15, 0.2) is 9.84 Å². The molecule has 0 heterocycles. The monoisotopic (exact) mass is 267 g/mol. The van der Waals surface area contributed by atoms with Gasteiger partial charge in [-0.2, -0.15) is 0 Å². The topological polar surface area (TPSA) is 63.2 Å². The molecule has 1 saturated carbocycles. The van der Waals surface area contributed by atoms with Crippen LogP contribution in [0.2, 0.25) is 0 Å². The Balaban J connectivity index is 2.07. The zero-order valence-corrected chi connectivity index (χ0v) is 11.3. The van der Waals surface area contributed by atoms with Crippen LogP contribution >= 0.6 is 0 Å². The Kier molecular flexibility index (Phi) is 3.43. The van der Waals surface area contributed by atoms with Crippen molar-refractivity contribution in [3.05, 3.63) is 29.8 Å². The lowest BCUT2D eigenvalue weighted by Crippen LogP contribution is -2.33. The number of rotatable bonds is 4. The van der Waals surface area contributed by atoms with Gasteiger partial charge in [-0.05, 0) is 49.9 Å². The summed E-state index contributed by atoms with van der Waals surface area (Å²) in [6.07, 6.45) is 3.50. The second-order valence-electron chi connectivity index (χ2n) is 4.90. The molecular formula is C13H17NO3S. The molecule has 18 heavy (non-hydrogen) atoms. The predicted molar refractivity (Wildman–Crippen MR) is 69.2 cm³/mol. The van der Waals surface area contributed by atoms with E-state index >= 15 is 0 Å². The van der Waals surface area contributed by atoms with Crippen LogP contribution < -0.4 is 5.32 Å². The minimum Gasteiger partial charge on any atom is -0.349 e. The largest absolute Gasteiger partial charge is 0.349 e. The lowest BCUT2D eigenvalue weighted by molar-refractivity contribution is 0.0935. The van der Waals surface area contributed by atoms with Gasteiger partial charge in [-0.15, -0.1) is 0 Å². The van der Waals surface area contributed by atoms with Gasteiger partial charge in [0, 0.05) is 17.9 Å². The number of carbonyl (C=O) groups is 1. The van der Waals surface area contributed by atoms with E-state index in [1.807, 2.05) is 6.92 Å². The highest BCUT2D eigenvalue weighted by Gasteiger charge is 2.29. The molecule has 0 bridgehead atoms. The average Bonchev–Trinajstić information content (AvgIpc) is 3.11. The first-order chi connectivity index (χ1) is 8.38. The molecular weight excluding hydrogens is 250 g/mol. The van der Waals surface area contributed by atoms with Crippen molar-refractivity contribution < 1.29 is 13.2 Å². The number of hydrogen-bond acceptors (Lipinski definition) is 3. The third kappa shape index (κ3) is 3.10. The van der Waals surface area contributed by atoms with E-state index in [2.05, 4.69) is 5.32 Å². The van der Waals surface area contributed by atoms with Crippen molar-refractivity contribution in [3.8, 4) is 0 Å². The molecule has 5 heteroatoms. The number of carbonyl (C=O) groups excluding carboxylic acids is 1. The molecule has 2 rings (SSSR count). The fraction of sp³-hybridized carbons (Fsp3) is 0.462. The summed E-state index contributed by atoms with van der Waals surface area (Å²) in [5, 5.41) is 2.93. The van der Waals surface area contributed by atoms with Gasteiger partial charge in [-0.1, -0.05) is 0 Å². The number of amides is 1. The van der Waals surface area contributed by atoms with Crippen LogP contribution in [0.5, 0.6) is 0 Å². The minimum absolute atomic E-state index is 0.144. The summed E-state index contributed by atoms with van der Waals surface area (Å²) >= 11 is 0. The van der Waals surface area contributed by atoms with Crippen molar-refractivity contribution in [2.24, 2.45) is 5.92 Å². The van der Waals surface area contributed by atoms with E-state index in [9.17, 15) is 13.2 Å². The summed E-state index contributed by atoms with van der Waals surface area (Å²) in [7, 11) is -3.20. The Morgan fingerprint density at radius 1 is 1.28 bits per heavy atom. The van der Waals surface area contributed by atoms with Gasteiger partial charge in [0.1, 0.15) is 0 Å². The van der Waals surface area contributed by atoms with Gasteiger partial charge in [0.25, 0.3) is 5.91 Å². The molecule has 1 atom stereocenters. The second-order valence-corrected chi connectivity index (χ2v) is 6.91. The lowest BCUT2D eigenvalue weighted by atomic mass is 10.1. The first-order valence-electron chi connectivity index (χ1n) is 5.99. The highest BCUT2D eigenvalue weighted by atomic mass is 32.2. The van der Waals surface area contributed by atoms with Crippen molar-refractivity contribution in [1.29, 1.82) is 0 Å². The summed E-state index contributed by atoms with van der Waals surface area (Å²) in [6, 6.07) is 6.21. The van der Waals surface area contributed by atoms with E-state index in [0.29, 0.717) is 11.5 Å². The first-order valence-corrected chi connectivity index (χ1v) is 7.88. The quantitative estimate of drug-likeness (QED) is 0.901. The van der Waals surface area contributed by atoms with Gasteiger partial charge in [0.2, 0.25) is 0 Å². The number of hydrogen-bond donors (Lipinski definition) is 1. The van der Waals surface area contributed by atoms with Crippen molar-refractivity contribution in [2.45, 2.75) is 30.7 Å². The first kappa shape index (κ1) is 13.1. The van der Waals surface area contributed by atoms with Crippen LogP contribution in [0.3, 0.4) is 0 Å². The van der Waals surface area contributed by atoms with Crippen LogP contribution in [0.1, 0.15) is 30.1 Å². The molecule has 1 fully saturated rings. The molecule has 1 aromatic carbocycles. The molecule has 98 valence electrons. The van der Waals surface area contributed by atoms with Gasteiger partial charge in [-0.25, -0.2) is 8.42 Å². The summed E-state index contributed by atoms with van der Waals surface area (Å²) in [5.41, 5.74) is 0.495. The SMILES string of the molecule is CC(NC(=O)c1ccc(S(C)(=O)=O)cc1)C1CC1. The fourth-order valence-corrected chi connectivity index (χ4v) is 2.49. The smallest absolute Gasteiger partial charge is 0.251 e. The van der Waals surface area contributed by atoms with Crippen LogP contribution in [0, 0.1) is 5.92 Å². The van der Waals surface area contributed by atoms with E-state index in [1.165, 1.54) is 25.0 Å². The van der Waals surface area contributed by atoms with Gasteiger partial charge in [-0.3, -0.25) is 4.79 Å². The fourth-order valence-electron chi connectivity index (χ4n) is 1.86. The summed E-state index contributed by atoms with van der Waals surface area (Å²) < 4.78 is 22.6. The van der Waals surface area contributed by atoms with E-state index in [-0.39, 0.29) is 16.8 Å². The number of sulfone groups is 1. The molecule has 1 aromatic rings. The third-order valence-corrected chi connectivity index (χ3v) is 4.36. The normalized spacial score (nSPS) is 17.2. The zero-order chi connectivity index (χ0) is 13.3. The predicted octanol–water partition coefficient (Wildman–Crippen LogP) is 1.62. The second kappa shape index (κ2) is 4.72. The molecule has 1 amide bonds. The Bertz CT molecular complexity index is 544. The Morgan fingerprint density at radius 2 is 1.83 bits per heavy atom. The Hall–Kier alpha value is -1.36. The van der Waals surface area contributed by atoms with Crippen molar-refractivity contribution in [3.63, 3.8) is 0 Å². The molecule has 1 aliphatic carbocycles. The van der Waals surface area contributed by atoms with Crippen molar-refractivity contribution in [2.75, 3.05) is 6.26 Å². The lowest BCUT2D eigenvalue weighted by Gasteiger charge is -2.12. The molecule has 0 aromatic heterocycles. The van der Waals surface area contributed by atoms with E-state index in [0.717, 1.165) is 6.26 Å². The molecule has 1 unspecified atom stereocenters. The highest BCUT2D eigenvalue weighted by Crippen LogP contribution is 2.32. The molecule has 4 nitrogen and oxygen atoms in total. The Morgan fingerprint density at radius 3 is 2.28 bits per heavy atom. The Labute approximate surface area is 107 Å². The van der Waals surface area contributed by atoms with Crippen LogP contribution in [0.25, 0.3) is 0 Å². The number of benzene rings is 1. The molecule has 0 spiro atoms. The molecule has 0 saturated heterocycles. The summed E-state index contributed by atoms with van der Waals surface area (Å²) in [5.74, 6) is 0.457. The van der Waals surface area contributed by atoms with E-state index in [1.54, 1.807) is 12.1 Å². The molecule has 0 aliphatic heterocycles. The van der Waals surface area contributed by atoms with Crippen LogP contribution in [-0.4, -0.2) is 26.6 Å². The number of nitrogens with one attached hydrogen (secondary N) is 1. The van der Waals surface area contributed by atoms with E-state index in [4.69, 9.17) is 0 Å². The van der Waals surface area contributed by atoms with Gasteiger partial charge < -0.3 is 5.32 Å². The maximum Gasteiger partial charge on any atom is 0.251 e. The standard InChI is InChI=1S/C13H17NO3S/c1-9(10-3-4-10)14-13(15)11-5-7-12(8-6-11)18(2,16)17/h5-10H,3-4H2,1-2H3,(H,14,15). The highest BCUT2D eigenvalue weighted by molar-refractivity contribution is 7.90. The zero-order valence-electron chi connectivity index (χ0n) is 10.5. The van der Waals surface area contributed by atoms with Gasteiger partial charge >= 0.3 is 0 Å². The maximum atomic E-state index is 11.9. The average molecular weight is 267 g/mol. The molecule has 1 aliphatic rings. The minimum atomic E-state index is -3.20. The van der Waals surface area contributed by atoms with Crippen molar-refractivity contribution >= 4 is 15.7 Å². The maximum absolute atomic E-state index is 11.9. The molecule has 0 radical (unpaired) electrons. The van der Waals surface area contributed by atoms with Crippen LogP contribution in [0.15, 0.2) is 29.2 Å². The summed E-state index contributed by atoms with van der Waals surface area (Å²) in [6.45, 7) is 2.00. The van der Waals surface area contributed by atoms with Gasteiger partial charge in [0.05, 0.1) is 4.90 Å².